The Bertz CT molecular complexity index is 653. The highest BCUT2D eigenvalue weighted by molar-refractivity contribution is 5.78. The van der Waals surface area contributed by atoms with Crippen molar-refractivity contribution in [3.63, 3.8) is 0 Å². The van der Waals surface area contributed by atoms with E-state index in [4.69, 9.17) is 4.74 Å². The molecule has 2 aromatic rings. The van der Waals surface area contributed by atoms with Crippen LogP contribution in [0.1, 0.15) is 18.4 Å². The van der Waals surface area contributed by atoms with Crippen LogP contribution in [0.5, 0.6) is 5.75 Å². The molecule has 0 spiro atoms. The Kier molecular flexibility index (Phi) is 5.11. The van der Waals surface area contributed by atoms with Crippen LogP contribution in [-0.2, 0) is 11.2 Å². The summed E-state index contributed by atoms with van der Waals surface area (Å²) in [6, 6.07) is 13.2. The van der Waals surface area contributed by atoms with Crippen LogP contribution in [0.25, 0.3) is 0 Å². The molecular weight excluding hydrogens is 304 g/mol. The van der Waals surface area contributed by atoms with Crippen LogP contribution in [0.2, 0.25) is 0 Å². The van der Waals surface area contributed by atoms with Crippen molar-refractivity contribution in [1.29, 1.82) is 0 Å². The molecule has 126 valence electrons. The third-order valence-electron chi connectivity index (χ3n) is 4.38. The van der Waals surface area contributed by atoms with Gasteiger partial charge in [-0.1, -0.05) is 24.3 Å². The molecule has 1 aromatic carbocycles. The number of benzene rings is 1. The number of amides is 1. The van der Waals surface area contributed by atoms with Gasteiger partial charge in [0.2, 0.25) is 5.91 Å². The van der Waals surface area contributed by atoms with Crippen LogP contribution < -0.4 is 4.74 Å². The minimum atomic E-state index is -0.874. The number of para-hydroxylation sites is 1. The molecule has 0 saturated carbocycles. The second-order valence-corrected chi connectivity index (χ2v) is 6.24. The Morgan fingerprint density at radius 2 is 1.92 bits per heavy atom. The average molecular weight is 326 g/mol. The highest BCUT2D eigenvalue weighted by atomic mass is 16.5. The summed E-state index contributed by atoms with van der Waals surface area (Å²) in [4.78, 5) is 18.2. The van der Waals surface area contributed by atoms with Crippen molar-refractivity contribution in [1.82, 2.24) is 9.88 Å². The maximum atomic E-state index is 12.3. The molecule has 5 heteroatoms. The molecule has 1 aliphatic heterocycles. The van der Waals surface area contributed by atoms with Crippen molar-refractivity contribution >= 4 is 5.91 Å². The van der Waals surface area contributed by atoms with E-state index >= 15 is 0 Å². The molecule has 1 N–H and O–H groups in total. The average Bonchev–Trinajstić information content (AvgIpc) is 2.62. The highest BCUT2D eigenvalue weighted by Gasteiger charge is 2.34. The second-order valence-electron chi connectivity index (χ2n) is 6.24. The lowest BCUT2D eigenvalue weighted by Gasteiger charge is -2.38. The SMILES string of the molecule is O=C(Cc1cccnc1)N1CCC(O)(COc2ccccc2)CC1. The monoisotopic (exact) mass is 326 g/mol. The number of piperidine rings is 1. The van der Waals surface area contributed by atoms with Gasteiger partial charge in [-0.25, -0.2) is 0 Å². The summed E-state index contributed by atoms with van der Waals surface area (Å²) in [5, 5.41) is 10.6. The standard InChI is InChI=1S/C19H22N2O3/c22-18(13-16-5-4-10-20-14-16)21-11-8-19(23,9-12-21)15-24-17-6-2-1-3-7-17/h1-7,10,14,23H,8-9,11-13,15H2. The van der Waals surface area contributed by atoms with Gasteiger partial charge in [-0.3, -0.25) is 9.78 Å². The number of hydrogen-bond donors (Lipinski definition) is 1. The fourth-order valence-corrected chi connectivity index (χ4v) is 2.84. The normalized spacial score (nSPS) is 16.6. The van der Waals surface area contributed by atoms with E-state index in [-0.39, 0.29) is 12.5 Å². The van der Waals surface area contributed by atoms with Crippen molar-refractivity contribution in [2.24, 2.45) is 0 Å². The number of ether oxygens (including phenoxy) is 1. The first-order valence-corrected chi connectivity index (χ1v) is 8.22. The maximum Gasteiger partial charge on any atom is 0.227 e. The molecule has 3 rings (SSSR count). The Morgan fingerprint density at radius 3 is 2.58 bits per heavy atom. The van der Waals surface area contributed by atoms with E-state index in [2.05, 4.69) is 4.98 Å². The molecule has 2 heterocycles. The molecule has 1 amide bonds. The molecule has 0 unspecified atom stereocenters. The topological polar surface area (TPSA) is 62.7 Å². The van der Waals surface area contributed by atoms with Crippen molar-refractivity contribution in [3.8, 4) is 5.75 Å². The number of carbonyl (C=O) groups is 1. The molecular formula is C19H22N2O3. The first-order valence-electron chi connectivity index (χ1n) is 8.22. The number of pyridine rings is 1. The summed E-state index contributed by atoms with van der Waals surface area (Å²) in [5.41, 5.74) is 0.0386. The van der Waals surface area contributed by atoms with Crippen LogP contribution in [-0.4, -0.2) is 46.2 Å². The van der Waals surface area contributed by atoms with Gasteiger partial charge < -0.3 is 14.7 Å². The van der Waals surface area contributed by atoms with Crippen LogP contribution in [0.15, 0.2) is 54.9 Å². The maximum absolute atomic E-state index is 12.3. The van der Waals surface area contributed by atoms with Gasteiger partial charge in [-0.05, 0) is 36.6 Å². The first-order chi connectivity index (χ1) is 11.6. The Morgan fingerprint density at radius 1 is 1.17 bits per heavy atom. The van der Waals surface area contributed by atoms with E-state index in [1.54, 1.807) is 12.4 Å². The van der Waals surface area contributed by atoms with Crippen molar-refractivity contribution < 1.29 is 14.6 Å². The first kappa shape index (κ1) is 16.5. The van der Waals surface area contributed by atoms with Gasteiger partial charge in [0.25, 0.3) is 0 Å². The van der Waals surface area contributed by atoms with E-state index in [1.165, 1.54) is 0 Å². The molecule has 24 heavy (non-hydrogen) atoms. The summed E-state index contributed by atoms with van der Waals surface area (Å²) >= 11 is 0. The third-order valence-corrected chi connectivity index (χ3v) is 4.38. The van der Waals surface area contributed by atoms with E-state index < -0.39 is 5.60 Å². The van der Waals surface area contributed by atoms with Gasteiger partial charge in [-0.2, -0.15) is 0 Å². The molecule has 0 radical (unpaired) electrons. The lowest BCUT2D eigenvalue weighted by molar-refractivity contribution is -0.135. The molecule has 0 bridgehead atoms. The summed E-state index contributed by atoms with van der Waals surface area (Å²) in [7, 11) is 0. The molecule has 5 nitrogen and oxygen atoms in total. The largest absolute Gasteiger partial charge is 0.491 e. The number of rotatable bonds is 5. The van der Waals surface area contributed by atoms with Crippen molar-refractivity contribution in [2.75, 3.05) is 19.7 Å². The number of aliphatic hydroxyl groups is 1. The number of nitrogens with zero attached hydrogens (tertiary/aromatic N) is 2. The van der Waals surface area contributed by atoms with E-state index in [0.29, 0.717) is 32.4 Å². The third kappa shape index (κ3) is 4.32. The predicted molar refractivity (Wildman–Crippen MR) is 90.6 cm³/mol. The number of aromatic nitrogens is 1. The van der Waals surface area contributed by atoms with Crippen LogP contribution in [0.3, 0.4) is 0 Å². The predicted octanol–water partition coefficient (Wildman–Crippen LogP) is 2.06. The zero-order valence-corrected chi connectivity index (χ0v) is 13.6. The fraction of sp³-hybridized carbons (Fsp3) is 0.368. The summed E-state index contributed by atoms with van der Waals surface area (Å²) in [6.07, 6.45) is 4.82. The molecule has 1 fully saturated rings. The molecule has 0 atom stereocenters. The van der Waals surface area contributed by atoms with E-state index in [1.807, 2.05) is 47.4 Å². The fourth-order valence-electron chi connectivity index (χ4n) is 2.84. The lowest BCUT2D eigenvalue weighted by atomic mass is 9.92. The number of hydrogen-bond acceptors (Lipinski definition) is 4. The van der Waals surface area contributed by atoms with Gasteiger partial charge in [0.05, 0.1) is 6.42 Å². The molecule has 1 aliphatic rings. The number of carbonyl (C=O) groups excluding carboxylic acids is 1. The van der Waals surface area contributed by atoms with Gasteiger partial charge in [0.1, 0.15) is 18.0 Å². The van der Waals surface area contributed by atoms with Gasteiger partial charge in [0.15, 0.2) is 0 Å². The van der Waals surface area contributed by atoms with Crippen molar-refractivity contribution in [2.45, 2.75) is 24.9 Å². The van der Waals surface area contributed by atoms with Crippen LogP contribution in [0.4, 0.5) is 0 Å². The molecule has 1 saturated heterocycles. The second kappa shape index (κ2) is 7.45. The Labute approximate surface area is 141 Å². The zero-order chi connectivity index (χ0) is 16.8. The van der Waals surface area contributed by atoms with Gasteiger partial charge in [0, 0.05) is 25.5 Å². The summed E-state index contributed by atoms with van der Waals surface area (Å²) in [6.45, 7) is 1.35. The zero-order valence-electron chi connectivity index (χ0n) is 13.6. The quantitative estimate of drug-likeness (QED) is 0.913. The van der Waals surface area contributed by atoms with Gasteiger partial charge in [-0.15, -0.1) is 0 Å². The molecule has 0 aliphatic carbocycles. The smallest absolute Gasteiger partial charge is 0.227 e. The van der Waals surface area contributed by atoms with Crippen LogP contribution in [0, 0.1) is 0 Å². The Balaban J connectivity index is 1.48. The summed E-state index contributed by atoms with van der Waals surface area (Å²) < 4.78 is 5.68. The Hall–Kier alpha value is -2.40. The van der Waals surface area contributed by atoms with Crippen LogP contribution >= 0.6 is 0 Å². The van der Waals surface area contributed by atoms with Crippen molar-refractivity contribution in [3.05, 3.63) is 60.4 Å². The van der Waals surface area contributed by atoms with Gasteiger partial charge >= 0.3 is 0 Å². The van der Waals surface area contributed by atoms with E-state index in [0.717, 1.165) is 11.3 Å². The van der Waals surface area contributed by atoms with E-state index in [9.17, 15) is 9.90 Å². The minimum absolute atomic E-state index is 0.0778. The highest BCUT2D eigenvalue weighted by Crippen LogP contribution is 2.24. The minimum Gasteiger partial charge on any atom is -0.491 e. The number of likely N-dealkylation sites (tertiary alicyclic amines) is 1. The molecule has 1 aromatic heterocycles. The lowest BCUT2D eigenvalue weighted by Crippen LogP contribution is -2.49. The summed E-state index contributed by atoms with van der Waals surface area (Å²) in [5.74, 6) is 0.829.